The molecular weight excluding hydrogens is 180 g/mol. The van der Waals surface area contributed by atoms with E-state index in [4.69, 9.17) is 5.84 Å². The van der Waals surface area contributed by atoms with Crippen molar-refractivity contribution >= 4 is 6.03 Å². The van der Waals surface area contributed by atoms with Crippen LogP contribution < -0.4 is 11.2 Å². The molecule has 5 heteroatoms. The minimum absolute atomic E-state index is 0.103. The molecule has 2 saturated heterocycles. The van der Waals surface area contributed by atoms with Crippen molar-refractivity contribution in [1.82, 2.24) is 15.2 Å². The van der Waals surface area contributed by atoms with Crippen molar-refractivity contribution < 1.29 is 4.79 Å². The van der Waals surface area contributed by atoms with Gasteiger partial charge in [-0.05, 0) is 19.3 Å². The first-order valence-corrected chi connectivity index (χ1v) is 5.31. The van der Waals surface area contributed by atoms with Gasteiger partial charge in [-0.3, -0.25) is 5.84 Å². The first-order valence-electron chi connectivity index (χ1n) is 5.31. The van der Waals surface area contributed by atoms with Gasteiger partial charge in [-0.1, -0.05) is 0 Å². The van der Waals surface area contributed by atoms with Crippen molar-refractivity contribution in [1.29, 1.82) is 0 Å². The second-order valence-electron chi connectivity index (χ2n) is 4.05. The van der Waals surface area contributed by atoms with E-state index in [0.29, 0.717) is 6.04 Å². The van der Waals surface area contributed by atoms with Crippen LogP contribution in [0.15, 0.2) is 0 Å². The van der Waals surface area contributed by atoms with Crippen LogP contribution in [-0.4, -0.2) is 48.2 Å². The van der Waals surface area contributed by atoms with Gasteiger partial charge in [-0.2, -0.15) is 0 Å². The van der Waals surface area contributed by atoms with Gasteiger partial charge in [-0.25, -0.2) is 9.80 Å². The zero-order chi connectivity index (χ0) is 9.97. The van der Waals surface area contributed by atoms with Crippen LogP contribution in [0.25, 0.3) is 0 Å². The molecule has 0 aromatic carbocycles. The summed E-state index contributed by atoms with van der Waals surface area (Å²) in [6, 6.07) is 0.502. The topological polar surface area (TPSA) is 61.6 Å². The van der Waals surface area contributed by atoms with Gasteiger partial charge in [0.2, 0.25) is 0 Å². The molecule has 2 fully saturated rings. The number of nitrogens with two attached hydrogens (primary N) is 1. The molecule has 2 aliphatic rings. The molecular formula is C9H18N4O. The maximum atomic E-state index is 11.5. The van der Waals surface area contributed by atoms with E-state index in [0.717, 1.165) is 45.4 Å². The Hall–Kier alpha value is -0.810. The van der Waals surface area contributed by atoms with E-state index in [9.17, 15) is 4.79 Å². The Morgan fingerprint density at radius 2 is 2.00 bits per heavy atom. The maximum absolute atomic E-state index is 11.5. The number of nitrogens with one attached hydrogen (secondary N) is 1. The van der Waals surface area contributed by atoms with Gasteiger partial charge in [0.1, 0.15) is 0 Å². The molecule has 0 aromatic heterocycles. The lowest BCUT2D eigenvalue weighted by Crippen LogP contribution is -2.55. The standard InChI is InChI=1S/C9H18N4O/c10-12-6-2-8(3-7-12)13-5-1-4-11-9(13)14/h8H,1-7,10H2,(H,11,14). The fourth-order valence-corrected chi connectivity index (χ4v) is 2.19. The Kier molecular flexibility index (Phi) is 2.88. The summed E-state index contributed by atoms with van der Waals surface area (Å²) in [5, 5.41) is 4.71. The molecule has 0 bridgehead atoms. The SMILES string of the molecule is NN1CCC(N2CCCNC2=O)CC1. The Bertz CT molecular complexity index is 213. The summed E-state index contributed by atoms with van der Waals surface area (Å²) in [4.78, 5) is 13.5. The highest BCUT2D eigenvalue weighted by molar-refractivity contribution is 5.75. The smallest absolute Gasteiger partial charge is 0.317 e. The average molecular weight is 198 g/mol. The number of hydrazine groups is 1. The normalized spacial score (nSPS) is 26.4. The summed E-state index contributed by atoms with van der Waals surface area (Å²) < 4.78 is 0. The lowest BCUT2D eigenvalue weighted by Gasteiger charge is -2.38. The molecule has 0 saturated carbocycles. The summed E-state index contributed by atoms with van der Waals surface area (Å²) in [7, 11) is 0. The van der Waals surface area contributed by atoms with Gasteiger partial charge in [-0.15, -0.1) is 0 Å². The zero-order valence-electron chi connectivity index (χ0n) is 8.41. The first kappa shape index (κ1) is 9.73. The first-order chi connectivity index (χ1) is 6.77. The summed E-state index contributed by atoms with van der Waals surface area (Å²) in [5.74, 6) is 5.68. The minimum atomic E-state index is 0.103. The van der Waals surface area contributed by atoms with Crippen molar-refractivity contribution in [3.63, 3.8) is 0 Å². The van der Waals surface area contributed by atoms with Gasteiger partial charge in [0.25, 0.3) is 0 Å². The number of carbonyl (C=O) groups excluding carboxylic acids is 1. The third-order valence-electron chi connectivity index (χ3n) is 3.05. The summed E-state index contributed by atoms with van der Waals surface area (Å²) in [5.41, 5.74) is 0. The van der Waals surface area contributed by atoms with Crippen LogP contribution >= 0.6 is 0 Å². The van der Waals surface area contributed by atoms with Crippen molar-refractivity contribution in [2.75, 3.05) is 26.2 Å². The Balaban J connectivity index is 1.90. The fourth-order valence-electron chi connectivity index (χ4n) is 2.19. The molecule has 5 nitrogen and oxygen atoms in total. The van der Waals surface area contributed by atoms with Crippen LogP contribution in [0.3, 0.4) is 0 Å². The monoisotopic (exact) mass is 198 g/mol. The number of carbonyl (C=O) groups is 1. The Morgan fingerprint density at radius 1 is 1.29 bits per heavy atom. The zero-order valence-corrected chi connectivity index (χ0v) is 8.41. The van der Waals surface area contributed by atoms with E-state index in [2.05, 4.69) is 5.32 Å². The highest BCUT2D eigenvalue weighted by Gasteiger charge is 2.28. The van der Waals surface area contributed by atoms with Crippen LogP contribution in [0, 0.1) is 0 Å². The Morgan fingerprint density at radius 3 is 2.64 bits per heavy atom. The maximum Gasteiger partial charge on any atom is 0.317 e. The lowest BCUT2D eigenvalue weighted by molar-refractivity contribution is 0.112. The fraction of sp³-hybridized carbons (Fsp3) is 0.889. The molecule has 0 aliphatic carbocycles. The Labute approximate surface area is 84.2 Å². The van der Waals surface area contributed by atoms with Gasteiger partial charge in [0.05, 0.1) is 0 Å². The predicted octanol–water partition coefficient (Wildman–Crippen LogP) is -0.260. The quantitative estimate of drug-likeness (QED) is 0.571. The molecule has 2 heterocycles. The van der Waals surface area contributed by atoms with Crippen molar-refractivity contribution in [3.8, 4) is 0 Å². The van der Waals surface area contributed by atoms with Gasteiger partial charge < -0.3 is 10.2 Å². The number of nitrogens with zero attached hydrogens (tertiary/aromatic N) is 2. The van der Waals surface area contributed by atoms with Gasteiger partial charge >= 0.3 is 6.03 Å². The summed E-state index contributed by atoms with van der Waals surface area (Å²) in [6.07, 6.45) is 3.07. The van der Waals surface area contributed by atoms with Crippen LogP contribution in [0.1, 0.15) is 19.3 Å². The molecule has 14 heavy (non-hydrogen) atoms. The third-order valence-corrected chi connectivity index (χ3v) is 3.05. The van der Waals surface area contributed by atoms with Crippen molar-refractivity contribution in [2.45, 2.75) is 25.3 Å². The van der Waals surface area contributed by atoms with E-state index >= 15 is 0 Å². The molecule has 2 aliphatic heterocycles. The predicted molar refractivity (Wildman–Crippen MR) is 53.5 cm³/mol. The number of urea groups is 1. The number of amides is 2. The highest BCUT2D eigenvalue weighted by atomic mass is 16.2. The lowest BCUT2D eigenvalue weighted by atomic mass is 10.0. The van der Waals surface area contributed by atoms with E-state index in [-0.39, 0.29) is 6.03 Å². The van der Waals surface area contributed by atoms with Crippen molar-refractivity contribution in [2.24, 2.45) is 5.84 Å². The summed E-state index contributed by atoms with van der Waals surface area (Å²) in [6.45, 7) is 3.52. The molecule has 3 N–H and O–H groups in total. The summed E-state index contributed by atoms with van der Waals surface area (Å²) >= 11 is 0. The largest absolute Gasteiger partial charge is 0.338 e. The minimum Gasteiger partial charge on any atom is -0.338 e. The molecule has 0 aromatic rings. The third kappa shape index (κ3) is 1.99. The van der Waals surface area contributed by atoms with E-state index in [1.165, 1.54) is 0 Å². The number of rotatable bonds is 1. The highest BCUT2D eigenvalue weighted by Crippen LogP contribution is 2.16. The van der Waals surface area contributed by atoms with Gasteiger partial charge in [0, 0.05) is 32.2 Å². The van der Waals surface area contributed by atoms with Crippen LogP contribution in [-0.2, 0) is 0 Å². The number of hydrogen-bond acceptors (Lipinski definition) is 3. The van der Waals surface area contributed by atoms with Crippen LogP contribution in [0.5, 0.6) is 0 Å². The second-order valence-corrected chi connectivity index (χ2v) is 4.05. The molecule has 0 atom stereocenters. The molecule has 80 valence electrons. The van der Waals surface area contributed by atoms with Crippen LogP contribution in [0.2, 0.25) is 0 Å². The van der Waals surface area contributed by atoms with Gasteiger partial charge in [0.15, 0.2) is 0 Å². The molecule has 0 radical (unpaired) electrons. The van der Waals surface area contributed by atoms with Crippen LogP contribution in [0.4, 0.5) is 4.79 Å². The molecule has 2 rings (SSSR count). The molecule has 0 spiro atoms. The molecule has 0 unspecified atom stereocenters. The number of hydrogen-bond donors (Lipinski definition) is 2. The average Bonchev–Trinajstić information content (AvgIpc) is 2.20. The van der Waals surface area contributed by atoms with E-state index in [1.54, 1.807) is 0 Å². The van der Waals surface area contributed by atoms with Crippen molar-refractivity contribution in [3.05, 3.63) is 0 Å². The molecule has 2 amide bonds. The van der Waals surface area contributed by atoms with E-state index < -0.39 is 0 Å². The van der Waals surface area contributed by atoms with E-state index in [1.807, 2.05) is 9.91 Å². The second kappa shape index (κ2) is 4.14. The number of piperidine rings is 1.